The number of rotatable bonds is 4. The first-order valence-corrected chi connectivity index (χ1v) is 5.98. The fourth-order valence-electron chi connectivity index (χ4n) is 1.52. The molecule has 2 aromatic rings. The van der Waals surface area contributed by atoms with Gasteiger partial charge in [0, 0.05) is 10.6 Å². The van der Waals surface area contributed by atoms with Gasteiger partial charge in [-0.1, -0.05) is 23.7 Å². The van der Waals surface area contributed by atoms with Crippen molar-refractivity contribution in [3.63, 3.8) is 0 Å². The first-order valence-electron chi connectivity index (χ1n) is 5.61. The molecule has 0 aliphatic rings. The number of ketones is 1. The van der Waals surface area contributed by atoms with Gasteiger partial charge in [0.05, 0.1) is 11.6 Å². The normalized spacial score (nSPS) is 9.68. The van der Waals surface area contributed by atoms with Crippen molar-refractivity contribution in [1.82, 2.24) is 0 Å². The maximum Gasteiger partial charge on any atom is 0.200 e. The Hall–Kier alpha value is -2.31. The second-order valence-electron chi connectivity index (χ2n) is 3.86. The van der Waals surface area contributed by atoms with Gasteiger partial charge >= 0.3 is 0 Å². The van der Waals surface area contributed by atoms with Crippen LogP contribution in [0.5, 0.6) is 5.75 Å². The third kappa shape index (κ3) is 3.57. The highest BCUT2D eigenvalue weighted by Gasteiger charge is 2.07. The fraction of sp³-hybridized carbons (Fsp3) is 0.0667. The first-order chi connectivity index (χ1) is 9.19. The third-order valence-electron chi connectivity index (χ3n) is 2.50. The molecule has 3 nitrogen and oxygen atoms in total. The topological polar surface area (TPSA) is 50.1 Å². The lowest BCUT2D eigenvalue weighted by Gasteiger charge is -2.05. The van der Waals surface area contributed by atoms with Crippen molar-refractivity contribution in [2.75, 3.05) is 6.61 Å². The predicted molar refractivity (Wildman–Crippen MR) is 72.4 cm³/mol. The van der Waals surface area contributed by atoms with E-state index in [9.17, 15) is 4.79 Å². The molecule has 0 aromatic heterocycles. The summed E-state index contributed by atoms with van der Waals surface area (Å²) in [4.78, 5) is 11.9. The van der Waals surface area contributed by atoms with E-state index in [1.54, 1.807) is 48.5 Å². The van der Waals surface area contributed by atoms with Crippen LogP contribution in [0.1, 0.15) is 15.9 Å². The quantitative estimate of drug-likeness (QED) is 0.800. The Morgan fingerprint density at radius 1 is 1.21 bits per heavy atom. The Kier molecular flexibility index (Phi) is 4.17. The Morgan fingerprint density at radius 3 is 2.58 bits per heavy atom. The lowest BCUT2D eigenvalue weighted by Crippen LogP contribution is -2.11. The monoisotopic (exact) mass is 271 g/mol. The Bertz CT molecular complexity index is 629. The minimum Gasteiger partial charge on any atom is -0.485 e. The molecule has 0 radical (unpaired) electrons. The molecule has 2 aromatic carbocycles. The van der Waals surface area contributed by atoms with E-state index < -0.39 is 0 Å². The maximum atomic E-state index is 11.9. The zero-order valence-electron chi connectivity index (χ0n) is 9.97. The summed E-state index contributed by atoms with van der Waals surface area (Å²) >= 11 is 5.82. The fourth-order valence-corrected chi connectivity index (χ4v) is 1.71. The van der Waals surface area contributed by atoms with Crippen molar-refractivity contribution in [3.8, 4) is 11.8 Å². The average Bonchev–Trinajstić information content (AvgIpc) is 2.45. The Balaban J connectivity index is 1.98. The van der Waals surface area contributed by atoms with Crippen LogP contribution in [0.25, 0.3) is 0 Å². The van der Waals surface area contributed by atoms with Gasteiger partial charge < -0.3 is 4.74 Å². The molecule has 0 amide bonds. The number of ether oxygens (including phenoxy) is 1. The summed E-state index contributed by atoms with van der Waals surface area (Å²) in [5.74, 6) is 0.404. The van der Waals surface area contributed by atoms with E-state index in [2.05, 4.69) is 0 Å². The van der Waals surface area contributed by atoms with E-state index in [4.69, 9.17) is 21.6 Å². The zero-order valence-corrected chi connectivity index (χ0v) is 10.7. The number of benzene rings is 2. The highest BCUT2D eigenvalue weighted by Crippen LogP contribution is 2.14. The van der Waals surface area contributed by atoms with Gasteiger partial charge in [0.15, 0.2) is 12.4 Å². The second kappa shape index (κ2) is 6.03. The van der Waals surface area contributed by atoms with E-state index in [0.717, 1.165) is 0 Å². The van der Waals surface area contributed by atoms with Gasteiger partial charge in [-0.25, -0.2) is 0 Å². The van der Waals surface area contributed by atoms with E-state index in [1.165, 1.54) is 0 Å². The molecule has 0 atom stereocenters. The summed E-state index contributed by atoms with van der Waals surface area (Å²) in [6.45, 7) is -0.0633. The summed E-state index contributed by atoms with van der Waals surface area (Å²) in [7, 11) is 0. The van der Waals surface area contributed by atoms with Crippen LogP contribution in [0.15, 0.2) is 48.5 Å². The van der Waals surface area contributed by atoms with Crippen molar-refractivity contribution in [2.45, 2.75) is 0 Å². The molecule has 94 valence electrons. The second-order valence-corrected chi connectivity index (χ2v) is 4.29. The molecule has 0 bridgehead atoms. The standard InChI is InChI=1S/C15H10ClNO2/c16-13-3-1-2-12(8-13)15(18)10-19-14-6-4-11(9-17)5-7-14/h1-8H,10H2. The van der Waals surface area contributed by atoms with Crippen LogP contribution in [-0.2, 0) is 0 Å². The molecule has 19 heavy (non-hydrogen) atoms. The molecule has 0 aliphatic carbocycles. The average molecular weight is 272 g/mol. The number of nitrogens with zero attached hydrogens (tertiary/aromatic N) is 1. The number of nitriles is 1. The summed E-state index contributed by atoms with van der Waals surface area (Å²) in [6, 6.07) is 15.3. The molecule has 4 heteroatoms. The molecule has 0 N–H and O–H groups in total. The van der Waals surface area contributed by atoms with Crippen molar-refractivity contribution < 1.29 is 9.53 Å². The zero-order chi connectivity index (χ0) is 13.7. The first kappa shape index (κ1) is 13.1. The highest BCUT2D eigenvalue weighted by atomic mass is 35.5. The number of carbonyl (C=O) groups excluding carboxylic acids is 1. The van der Waals surface area contributed by atoms with Gasteiger partial charge in [-0.15, -0.1) is 0 Å². The summed E-state index contributed by atoms with van der Waals surface area (Å²) in [6.07, 6.45) is 0. The molecular weight excluding hydrogens is 262 g/mol. The van der Waals surface area contributed by atoms with Crippen LogP contribution >= 0.6 is 11.6 Å². The number of halogens is 1. The van der Waals surface area contributed by atoms with Gasteiger partial charge in [-0.05, 0) is 36.4 Å². The SMILES string of the molecule is N#Cc1ccc(OCC(=O)c2cccc(Cl)c2)cc1. The number of hydrogen-bond donors (Lipinski definition) is 0. The van der Waals surface area contributed by atoms with Crippen molar-refractivity contribution >= 4 is 17.4 Å². The van der Waals surface area contributed by atoms with Crippen molar-refractivity contribution in [3.05, 3.63) is 64.7 Å². The van der Waals surface area contributed by atoms with Gasteiger partial charge in [0.25, 0.3) is 0 Å². The molecule has 2 rings (SSSR count). The van der Waals surface area contributed by atoms with E-state index in [0.29, 0.717) is 21.9 Å². The van der Waals surface area contributed by atoms with Gasteiger partial charge in [-0.3, -0.25) is 4.79 Å². The van der Waals surface area contributed by atoms with Gasteiger partial charge in [0.1, 0.15) is 5.75 Å². The molecule has 0 saturated heterocycles. The van der Waals surface area contributed by atoms with Crippen LogP contribution in [0, 0.1) is 11.3 Å². The van der Waals surface area contributed by atoms with Gasteiger partial charge in [-0.2, -0.15) is 5.26 Å². The lowest BCUT2D eigenvalue weighted by atomic mass is 10.1. The largest absolute Gasteiger partial charge is 0.485 e. The summed E-state index contributed by atoms with van der Waals surface area (Å²) < 4.78 is 5.36. The van der Waals surface area contributed by atoms with E-state index in [-0.39, 0.29) is 12.4 Å². The Morgan fingerprint density at radius 2 is 1.95 bits per heavy atom. The molecular formula is C15H10ClNO2. The van der Waals surface area contributed by atoms with Crippen molar-refractivity contribution in [1.29, 1.82) is 5.26 Å². The predicted octanol–water partition coefficient (Wildman–Crippen LogP) is 3.47. The number of hydrogen-bond acceptors (Lipinski definition) is 3. The van der Waals surface area contributed by atoms with E-state index >= 15 is 0 Å². The summed E-state index contributed by atoms with van der Waals surface area (Å²) in [5, 5.41) is 9.18. The summed E-state index contributed by atoms with van der Waals surface area (Å²) in [5.41, 5.74) is 1.06. The minimum absolute atomic E-state index is 0.0633. The molecule has 0 aliphatic heterocycles. The number of carbonyl (C=O) groups is 1. The van der Waals surface area contributed by atoms with Crippen LogP contribution < -0.4 is 4.74 Å². The van der Waals surface area contributed by atoms with E-state index in [1.807, 2.05) is 6.07 Å². The van der Waals surface area contributed by atoms with Crippen LogP contribution in [0.4, 0.5) is 0 Å². The Labute approximate surface area is 116 Å². The van der Waals surface area contributed by atoms with Gasteiger partial charge in [0.2, 0.25) is 0 Å². The van der Waals surface area contributed by atoms with Crippen LogP contribution in [-0.4, -0.2) is 12.4 Å². The molecule has 0 unspecified atom stereocenters. The number of Topliss-reactive ketones (excluding diaryl/α,β-unsaturated/α-hetero) is 1. The smallest absolute Gasteiger partial charge is 0.200 e. The van der Waals surface area contributed by atoms with Crippen molar-refractivity contribution in [2.24, 2.45) is 0 Å². The van der Waals surface area contributed by atoms with Crippen LogP contribution in [0.2, 0.25) is 5.02 Å². The highest BCUT2D eigenvalue weighted by molar-refractivity contribution is 6.31. The lowest BCUT2D eigenvalue weighted by molar-refractivity contribution is 0.0921. The molecule has 0 heterocycles. The molecule has 0 fully saturated rings. The minimum atomic E-state index is -0.146. The molecule has 0 spiro atoms. The third-order valence-corrected chi connectivity index (χ3v) is 2.74. The molecule has 0 saturated carbocycles. The maximum absolute atomic E-state index is 11.9. The van der Waals surface area contributed by atoms with Crippen LogP contribution in [0.3, 0.4) is 0 Å².